The van der Waals surface area contributed by atoms with Crippen LogP contribution < -0.4 is 0 Å². The second-order valence-electron chi connectivity index (χ2n) is 3.95. The molecule has 1 rings (SSSR count). The van der Waals surface area contributed by atoms with Crippen molar-refractivity contribution in [1.29, 1.82) is 0 Å². The molecule has 0 aromatic heterocycles. The van der Waals surface area contributed by atoms with Gasteiger partial charge in [-0.05, 0) is 30.7 Å². The van der Waals surface area contributed by atoms with Crippen molar-refractivity contribution in [1.82, 2.24) is 0 Å². The first kappa shape index (κ1) is 14.8. The van der Waals surface area contributed by atoms with E-state index >= 15 is 0 Å². The lowest BCUT2D eigenvalue weighted by Gasteiger charge is -2.05. The molecule has 100 valence electrons. The fourth-order valence-corrected chi connectivity index (χ4v) is 1.35. The van der Waals surface area contributed by atoms with Gasteiger partial charge in [-0.2, -0.15) is 0 Å². The summed E-state index contributed by atoms with van der Waals surface area (Å²) in [4.78, 5) is 11.6. The van der Waals surface area contributed by atoms with Crippen LogP contribution in [0.1, 0.15) is 30.1 Å². The SMILES string of the molecule is CCCCOCCOCC(=O)c1ccc(F)cc1. The summed E-state index contributed by atoms with van der Waals surface area (Å²) in [6.45, 7) is 3.73. The van der Waals surface area contributed by atoms with Gasteiger partial charge in [-0.25, -0.2) is 4.39 Å². The largest absolute Gasteiger partial charge is 0.379 e. The first-order chi connectivity index (χ1) is 8.74. The van der Waals surface area contributed by atoms with E-state index in [-0.39, 0.29) is 18.2 Å². The molecule has 1 aromatic rings. The van der Waals surface area contributed by atoms with Gasteiger partial charge in [0.15, 0.2) is 5.78 Å². The summed E-state index contributed by atoms with van der Waals surface area (Å²) in [5, 5.41) is 0. The minimum atomic E-state index is -0.350. The quantitative estimate of drug-likeness (QED) is 0.502. The topological polar surface area (TPSA) is 35.5 Å². The maximum atomic E-state index is 12.6. The minimum Gasteiger partial charge on any atom is -0.379 e. The molecule has 18 heavy (non-hydrogen) atoms. The molecule has 0 unspecified atom stereocenters. The predicted molar refractivity (Wildman–Crippen MR) is 67.3 cm³/mol. The number of hydrogen-bond acceptors (Lipinski definition) is 3. The number of halogens is 1. The summed E-state index contributed by atoms with van der Waals surface area (Å²) in [5.41, 5.74) is 0.461. The number of rotatable bonds is 9. The monoisotopic (exact) mass is 254 g/mol. The molecule has 0 aliphatic rings. The van der Waals surface area contributed by atoms with Crippen molar-refractivity contribution in [2.75, 3.05) is 26.4 Å². The lowest BCUT2D eigenvalue weighted by Crippen LogP contribution is -2.13. The van der Waals surface area contributed by atoms with Crippen molar-refractivity contribution >= 4 is 5.78 Å². The molecule has 3 nitrogen and oxygen atoms in total. The van der Waals surface area contributed by atoms with Gasteiger partial charge in [0.05, 0.1) is 13.2 Å². The first-order valence-corrected chi connectivity index (χ1v) is 6.18. The van der Waals surface area contributed by atoms with Crippen molar-refractivity contribution < 1.29 is 18.7 Å². The Morgan fingerprint density at radius 2 is 1.78 bits per heavy atom. The van der Waals surface area contributed by atoms with Crippen LogP contribution in [0.2, 0.25) is 0 Å². The Labute approximate surface area is 107 Å². The molecule has 0 saturated heterocycles. The van der Waals surface area contributed by atoms with Gasteiger partial charge in [-0.15, -0.1) is 0 Å². The zero-order valence-electron chi connectivity index (χ0n) is 10.7. The Hall–Kier alpha value is -1.26. The smallest absolute Gasteiger partial charge is 0.188 e. The maximum Gasteiger partial charge on any atom is 0.188 e. The summed E-state index contributed by atoms with van der Waals surface area (Å²) in [7, 11) is 0. The average molecular weight is 254 g/mol. The molecule has 0 atom stereocenters. The van der Waals surface area contributed by atoms with Crippen LogP contribution in [0.5, 0.6) is 0 Å². The molecular weight excluding hydrogens is 235 g/mol. The number of hydrogen-bond donors (Lipinski definition) is 0. The van der Waals surface area contributed by atoms with Crippen LogP contribution >= 0.6 is 0 Å². The number of unbranched alkanes of at least 4 members (excludes halogenated alkanes) is 1. The van der Waals surface area contributed by atoms with Crippen molar-refractivity contribution in [3.63, 3.8) is 0 Å². The van der Waals surface area contributed by atoms with Gasteiger partial charge in [-0.1, -0.05) is 13.3 Å². The van der Waals surface area contributed by atoms with E-state index in [2.05, 4.69) is 6.92 Å². The van der Waals surface area contributed by atoms with E-state index in [1.165, 1.54) is 24.3 Å². The molecule has 0 fully saturated rings. The molecule has 0 radical (unpaired) electrons. The molecule has 0 amide bonds. The number of ketones is 1. The molecule has 0 saturated carbocycles. The van der Waals surface area contributed by atoms with E-state index in [0.29, 0.717) is 18.8 Å². The van der Waals surface area contributed by atoms with Gasteiger partial charge < -0.3 is 9.47 Å². The number of benzene rings is 1. The number of carbonyl (C=O) groups is 1. The molecule has 0 spiro atoms. The number of carbonyl (C=O) groups excluding carboxylic acids is 1. The van der Waals surface area contributed by atoms with E-state index in [0.717, 1.165) is 19.4 Å². The highest BCUT2D eigenvalue weighted by Gasteiger charge is 2.05. The van der Waals surface area contributed by atoms with Gasteiger partial charge in [0.2, 0.25) is 0 Å². The van der Waals surface area contributed by atoms with Crippen LogP contribution in [0.25, 0.3) is 0 Å². The lowest BCUT2D eigenvalue weighted by atomic mass is 10.1. The Bertz CT molecular complexity index is 349. The standard InChI is InChI=1S/C14H19FO3/c1-2-3-8-17-9-10-18-11-14(16)12-4-6-13(15)7-5-12/h4-7H,2-3,8-11H2,1H3. The highest BCUT2D eigenvalue weighted by Crippen LogP contribution is 2.03. The molecule has 0 aliphatic heterocycles. The van der Waals surface area contributed by atoms with Crippen molar-refractivity contribution in [2.24, 2.45) is 0 Å². The van der Waals surface area contributed by atoms with E-state index in [9.17, 15) is 9.18 Å². The van der Waals surface area contributed by atoms with Crippen LogP contribution in [0, 0.1) is 5.82 Å². The van der Waals surface area contributed by atoms with Crippen molar-refractivity contribution in [3.8, 4) is 0 Å². The summed E-state index contributed by atoms with van der Waals surface area (Å²) in [5.74, 6) is -0.500. The zero-order valence-corrected chi connectivity index (χ0v) is 10.7. The van der Waals surface area contributed by atoms with Gasteiger partial charge in [0, 0.05) is 12.2 Å². The van der Waals surface area contributed by atoms with Crippen molar-refractivity contribution in [3.05, 3.63) is 35.6 Å². The van der Waals surface area contributed by atoms with E-state index < -0.39 is 0 Å². The molecular formula is C14H19FO3. The van der Waals surface area contributed by atoms with E-state index in [4.69, 9.17) is 9.47 Å². The van der Waals surface area contributed by atoms with E-state index in [1.54, 1.807) is 0 Å². The van der Waals surface area contributed by atoms with Crippen LogP contribution in [0.4, 0.5) is 4.39 Å². The average Bonchev–Trinajstić information content (AvgIpc) is 2.38. The summed E-state index contributed by atoms with van der Waals surface area (Å²) in [6, 6.07) is 5.44. The maximum absolute atomic E-state index is 12.6. The fourth-order valence-electron chi connectivity index (χ4n) is 1.35. The van der Waals surface area contributed by atoms with E-state index in [1.807, 2.05) is 0 Å². The van der Waals surface area contributed by atoms with Crippen LogP contribution in [0.15, 0.2) is 24.3 Å². The second-order valence-corrected chi connectivity index (χ2v) is 3.95. The Balaban J connectivity index is 2.12. The molecule has 4 heteroatoms. The number of ether oxygens (including phenoxy) is 2. The lowest BCUT2D eigenvalue weighted by molar-refractivity contribution is 0.0432. The van der Waals surface area contributed by atoms with Crippen LogP contribution in [-0.2, 0) is 9.47 Å². The van der Waals surface area contributed by atoms with Crippen LogP contribution in [-0.4, -0.2) is 32.2 Å². The Kier molecular flexibility index (Phi) is 7.22. The summed E-state index contributed by atoms with van der Waals surface area (Å²) < 4.78 is 23.1. The molecule has 0 aliphatic carbocycles. The van der Waals surface area contributed by atoms with Crippen molar-refractivity contribution in [2.45, 2.75) is 19.8 Å². The Morgan fingerprint density at radius 3 is 2.44 bits per heavy atom. The first-order valence-electron chi connectivity index (χ1n) is 6.18. The van der Waals surface area contributed by atoms with Crippen LogP contribution in [0.3, 0.4) is 0 Å². The predicted octanol–water partition coefficient (Wildman–Crippen LogP) is 2.84. The minimum absolute atomic E-state index is 0.00275. The third-order valence-corrected chi connectivity index (χ3v) is 2.41. The molecule has 0 N–H and O–H groups in total. The fraction of sp³-hybridized carbons (Fsp3) is 0.500. The molecule has 0 bridgehead atoms. The molecule has 1 aromatic carbocycles. The van der Waals surface area contributed by atoms with Gasteiger partial charge in [0.25, 0.3) is 0 Å². The zero-order chi connectivity index (χ0) is 13.2. The van der Waals surface area contributed by atoms with Gasteiger partial charge in [-0.3, -0.25) is 4.79 Å². The summed E-state index contributed by atoms with van der Waals surface area (Å²) in [6.07, 6.45) is 2.14. The third-order valence-electron chi connectivity index (χ3n) is 2.41. The second kappa shape index (κ2) is 8.78. The van der Waals surface area contributed by atoms with Gasteiger partial charge >= 0.3 is 0 Å². The number of Topliss-reactive ketones (excluding diaryl/α,β-unsaturated/α-hetero) is 1. The summed E-state index contributed by atoms with van der Waals surface area (Å²) >= 11 is 0. The molecule has 0 heterocycles. The highest BCUT2D eigenvalue weighted by atomic mass is 19.1. The highest BCUT2D eigenvalue weighted by molar-refractivity contribution is 5.96. The van der Waals surface area contributed by atoms with Gasteiger partial charge in [0.1, 0.15) is 12.4 Å². The Morgan fingerprint density at radius 1 is 1.11 bits per heavy atom. The normalized spacial score (nSPS) is 10.6. The third kappa shape index (κ3) is 5.89.